The zero-order valence-corrected chi connectivity index (χ0v) is 12.7. The van der Waals surface area contributed by atoms with Crippen molar-refractivity contribution < 1.29 is 4.79 Å². The van der Waals surface area contributed by atoms with Crippen LogP contribution >= 0.6 is 24.2 Å². The Morgan fingerprint density at radius 2 is 2.24 bits per heavy atom. The monoisotopic (exact) mass is 280 g/mol. The number of halogens is 1. The number of piperazine rings is 1. The minimum atomic E-state index is 0. The third kappa shape index (κ3) is 6.53. The van der Waals surface area contributed by atoms with Gasteiger partial charge in [0.1, 0.15) is 0 Å². The summed E-state index contributed by atoms with van der Waals surface area (Å²) >= 11 is 1.77. The predicted molar refractivity (Wildman–Crippen MR) is 78.1 cm³/mol. The molecule has 0 aromatic rings. The van der Waals surface area contributed by atoms with Crippen molar-refractivity contribution in [2.75, 3.05) is 31.1 Å². The SMILES string of the molecule is CC(C)CCSCC(=O)N1CCNCC1C.Cl. The van der Waals surface area contributed by atoms with Crippen LogP contribution in [0, 0.1) is 5.92 Å². The summed E-state index contributed by atoms with van der Waals surface area (Å²) in [4.78, 5) is 13.9. The van der Waals surface area contributed by atoms with Crippen molar-refractivity contribution in [1.29, 1.82) is 0 Å². The molecule has 1 aliphatic rings. The molecule has 0 bridgehead atoms. The molecular formula is C12H25ClN2OS. The maximum Gasteiger partial charge on any atom is 0.232 e. The van der Waals surface area contributed by atoms with Crippen LogP contribution in [0.4, 0.5) is 0 Å². The second kappa shape index (κ2) is 9.06. The smallest absolute Gasteiger partial charge is 0.232 e. The summed E-state index contributed by atoms with van der Waals surface area (Å²) in [7, 11) is 0. The number of nitrogens with zero attached hydrogens (tertiary/aromatic N) is 1. The maximum atomic E-state index is 11.9. The summed E-state index contributed by atoms with van der Waals surface area (Å²) in [5, 5.41) is 3.30. The fourth-order valence-electron chi connectivity index (χ4n) is 1.77. The Labute approximate surface area is 115 Å². The highest BCUT2D eigenvalue weighted by Crippen LogP contribution is 2.11. The van der Waals surface area contributed by atoms with Crippen molar-refractivity contribution in [2.24, 2.45) is 5.92 Å². The molecule has 3 nitrogen and oxygen atoms in total. The summed E-state index contributed by atoms with van der Waals surface area (Å²) in [6.07, 6.45) is 1.20. The minimum absolute atomic E-state index is 0. The Balaban J connectivity index is 0.00000256. The molecule has 1 N–H and O–H groups in total. The molecule has 0 aromatic carbocycles. The number of thioether (sulfide) groups is 1. The van der Waals surface area contributed by atoms with E-state index in [2.05, 4.69) is 26.1 Å². The van der Waals surface area contributed by atoms with Crippen LogP contribution in [0.5, 0.6) is 0 Å². The Kier molecular flexibility index (Phi) is 9.10. The number of hydrogen-bond acceptors (Lipinski definition) is 3. The van der Waals surface area contributed by atoms with Crippen LogP contribution in [0.1, 0.15) is 27.2 Å². The van der Waals surface area contributed by atoms with Crippen LogP contribution in [0.3, 0.4) is 0 Å². The maximum absolute atomic E-state index is 11.9. The lowest BCUT2D eigenvalue weighted by Gasteiger charge is -2.34. The molecule has 1 aliphatic heterocycles. The number of hydrogen-bond donors (Lipinski definition) is 1. The lowest BCUT2D eigenvalue weighted by atomic mass is 10.2. The fraction of sp³-hybridized carbons (Fsp3) is 0.917. The Hall–Kier alpha value is 0.0700. The van der Waals surface area contributed by atoms with Gasteiger partial charge in [0, 0.05) is 25.7 Å². The van der Waals surface area contributed by atoms with Crippen LogP contribution in [0.2, 0.25) is 0 Å². The van der Waals surface area contributed by atoms with E-state index < -0.39 is 0 Å². The van der Waals surface area contributed by atoms with Gasteiger partial charge in [-0.3, -0.25) is 4.79 Å². The highest BCUT2D eigenvalue weighted by atomic mass is 35.5. The first-order chi connectivity index (χ1) is 7.61. The number of carbonyl (C=O) groups is 1. The molecule has 0 radical (unpaired) electrons. The molecule has 1 saturated heterocycles. The standard InChI is InChI=1S/C12H24N2OS.ClH/c1-10(2)4-7-16-9-12(15)14-6-5-13-8-11(14)3;/h10-11,13H,4-9H2,1-3H3;1H. The van der Waals surface area contributed by atoms with Gasteiger partial charge >= 0.3 is 0 Å². The van der Waals surface area contributed by atoms with Gasteiger partial charge in [0.25, 0.3) is 0 Å². The summed E-state index contributed by atoms with van der Waals surface area (Å²) < 4.78 is 0. The Morgan fingerprint density at radius 3 is 2.82 bits per heavy atom. The number of rotatable bonds is 5. The summed E-state index contributed by atoms with van der Waals surface area (Å²) in [5.74, 6) is 2.80. The van der Waals surface area contributed by atoms with Gasteiger partial charge in [-0.05, 0) is 25.0 Å². The molecule has 1 heterocycles. The Bertz CT molecular complexity index is 227. The molecule has 1 amide bonds. The molecule has 1 unspecified atom stereocenters. The highest BCUT2D eigenvalue weighted by Gasteiger charge is 2.22. The van der Waals surface area contributed by atoms with Crippen molar-refractivity contribution >= 4 is 30.1 Å². The third-order valence-corrected chi connectivity index (χ3v) is 3.86. The van der Waals surface area contributed by atoms with Crippen molar-refractivity contribution in [2.45, 2.75) is 33.2 Å². The second-order valence-electron chi connectivity index (χ2n) is 4.88. The average Bonchev–Trinajstić information content (AvgIpc) is 2.24. The number of carbonyl (C=O) groups excluding carboxylic acids is 1. The summed E-state index contributed by atoms with van der Waals surface area (Å²) in [6, 6.07) is 0.354. The van der Waals surface area contributed by atoms with Crippen LogP contribution < -0.4 is 5.32 Å². The molecule has 1 rings (SSSR count). The molecular weight excluding hydrogens is 256 g/mol. The van der Waals surface area contributed by atoms with E-state index in [9.17, 15) is 4.79 Å². The van der Waals surface area contributed by atoms with Gasteiger partial charge in [0.15, 0.2) is 0 Å². The zero-order chi connectivity index (χ0) is 12.0. The molecule has 1 atom stereocenters. The lowest BCUT2D eigenvalue weighted by molar-refractivity contribution is -0.131. The molecule has 0 aliphatic carbocycles. The molecule has 17 heavy (non-hydrogen) atoms. The van der Waals surface area contributed by atoms with Gasteiger partial charge in [-0.2, -0.15) is 11.8 Å². The largest absolute Gasteiger partial charge is 0.337 e. The summed E-state index contributed by atoms with van der Waals surface area (Å²) in [5.41, 5.74) is 0. The second-order valence-corrected chi connectivity index (χ2v) is 5.98. The predicted octanol–water partition coefficient (Wildman–Crippen LogP) is 2.01. The van der Waals surface area contributed by atoms with Gasteiger partial charge in [0.2, 0.25) is 5.91 Å². The van der Waals surface area contributed by atoms with Crippen LogP contribution in [-0.2, 0) is 4.79 Å². The third-order valence-electron chi connectivity index (χ3n) is 2.89. The van der Waals surface area contributed by atoms with Gasteiger partial charge < -0.3 is 10.2 Å². The first kappa shape index (κ1) is 17.1. The van der Waals surface area contributed by atoms with Gasteiger partial charge in [-0.25, -0.2) is 0 Å². The number of nitrogens with one attached hydrogen (secondary N) is 1. The average molecular weight is 281 g/mol. The van der Waals surface area contributed by atoms with E-state index in [1.165, 1.54) is 6.42 Å². The van der Waals surface area contributed by atoms with Crippen molar-refractivity contribution in [3.05, 3.63) is 0 Å². The van der Waals surface area contributed by atoms with Gasteiger partial charge in [-0.1, -0.05) is 13.8 Å². The molecule has 0 spiro atoms. The van der Waals surface area contributed by atoms with E-state index in [0.29, 0.717) is 17.7 Å². The molecule has 102 valence electrons. The topological polar surface area (TPSA) is 32.3 Å². The lowest BCUT2D eigenvalue weighted by Crippen LogP contribution is -2.52. The van der Waals surface area contributed by atoms with Crippen molar-refractivity contribution in [3.63, 3.8) is 0 Å². The minimum Gasteiger partial charge on any atom is -0.337 e. The van der Waals surface area contributed by atoms with Crippen molar-refractivity contribution in [1.82, 2.24) is 10.2 Å². The normalized spacial score (nSPS) is 20.2. The van der Waals surface area contributed by atoms with Gasteiger partial charge in [0.05, 0.1) is 5.75 Å². The first-order valence-electron chi connectivity index (χ1n) is 6.19. The number of amides is 1. The summed E-state index contributed by atoms with van der Waals surface area (Å²) in [6.45, 7) is 9.30. The van der Waals surface area contributed by atoms with E-state index >= 15 is 0 Å². The van der Waals surface area contributed by atoms with Crippen LogP contribution in [-0.4, -0.2) is 48.0 Å². The Morgan fingerprint density at radius 1 is 1.53 bits per heavy atom. The molecule has 1 fully saturated rings. The zero-order valence-electron chi connectivity index (χ0n) is 11.1. The van der Waals surface area contributed by atoms with E-state index in [-0.39, 0.29) is 12.4 Å². The highest BCUT2D eigenvalue weighted by molar-refractivity contribution is 7.99. The van der Waals surface area contributed by atoms with Crippen LogP contribution in [0.15, 0.2) is 0 Å². The van der Waals surface area contributed by atoms with E-state index in [4.69, 9.17) is 0 Å². The molecule has 5 heteroatoms. The fourth-order valence-corrected chi connectivity index (χ4v) is 2.90. The first-order valence-corrected chi connectivity index (χ1v) is 7.34. The van der Waals surface area contributed by atoms with E-state index in [1.807, 2.05) is 4.90 Å². The molecule has 0 aromatic heterocycles. The van der Waals surface area contributed by atoms with Gasteiger partial charge in [-0.15, -0.1) is 12.4 Å². The van der Waals surface area contributed by atoms with E-state index in [0.717, 1.165) is 31.3 Å². The van der Waals surface area contributed by atoms with Crippen LogP contribution in [0.25, 0.3) is 0 Å². The van der Waals surface area contributed by atoms with Crippen molar-refractivity contribution in [3.8, 4) is 0 Å². The molecule has 0 saturated carbocycles. The van der Waals surface area contributed by atoms with E-state index in [1.54, 1.807) is 11.8 Å². The quantitative estimate of drug-likeness (QED) is 0.782.